The Labute approximate surface area is 123 Å². The van der Waals surface area contributed by atoms with Gasteiger partial charge in [-0.25, -0.2) is 0 Å². The van der Waals surface area contributed by atoms with Crippen LogP contribution in [0.4, 0.5) is 0 Å². The fourth-order valence-electron chi connectivity index (χ4n) is 2.48. The highest BCUT2D eigenvalue weighted by atomic mass is 28.4. The molecule has 0 bridgehead atoms. The van der Waals surface area contributed by atoms with E-state index >= 15 is 0 Å². The van der Waals surface area contributed by atoms with Gasteiger partial charge in [-0.05, 0) is 64.1 Å². The highest BCUT2D eigenvalue weighted by Crippen LogP contribution is 2.29. The Morgan fingerprint density at radius 2 is 1.63 bits per heavy atom. The summed E-state index contributed by atoms with van der Waals surface area (Å²) >= 11 is 0. The number of aliphatic hydroxyl groups is 1. The van der Waals surface area contributed by atoms with E-state index in [1.165, 1.54) is 6.42 Å². The lowest BCUT2D eigenvalue weighted by Crippen LogP contribution is -2.44. The second-order valence-corrected chi connectivity index (χ2v) is 18.8. The topological polar surface area (TPSA) is 38.7 Å². The molecule has 0 amide bonds. The van der Waals surface area contributed by atoms with Gasteiger partial charge in [-0.15, -0.1) is 0 Å². The highest BCUT2D eigenvalue weighted by molar-refractivity contribution is 6.71. The Morgan fingerprint density at radius 1 is 1.11 bits per heavy atom. The SMILES string of the molecule is C[Si](C)(C)OC(O[Si](C)(C)C)[SiH2]C1CC[CH]C(O)C1. The first-order valence-corrected chi connectivity index (χ1v) is 15.9. The molecule has 1 aliphatic rings. The van der Waals surface area contributed by atoms with Crippen molar-refractivity contribution in [3.05, 3.63) is 6.42 Å². The van der Waals surface area contributed by atoms with Crippen LogP contribution in [0.3, 0.4) is 0 Å². The lowest BCUT2D eigenvalue weighted by atomic mass is 9.97. The van der Waals surface area contributed by atoms with E-state index < -0.39 is 26.2 Å². The summed E-state index contributed by atoms with van der Waals surface area (Å²) < 4.78 is 12.5. The first-order chi connectivity index (χ1) is 8.55. The third-order valence-corrected chi connectivity index (χ3v) is 7.82. The second-order valence-electron chi connectivity index (χ2n) is 7.61. The molecule has 0 heterocycles. The van der Waals surface area contributed by atoms with Crippen LogP contribution in [-0.4, -0.2) is 43.3 Å². The molecule has 113 valence electrons. The Bertz CT molecular complexity index is 257. The van der Waals surface area contributed by atoms with Crippen LogP contribution in [0, 0.1) is 6.42 Å². The van der Waals surface area contributed by atoms with E-state index in [1.807, 2.05) is 6.42 Å². The zero-order valence-electron chi connectivity index (χ0n) is 13.4. The molecule has 1 fully saturated rings. The van der Waals surface area contributed by atoms with Crippen LogP contribution in [0.25, 0.3) is 0 Å². The number of aliphatic hydroxyl groups excluding tert-OH is 1. The fraction of sp³-hybridized carbons (Fsp3) is 0.923. The van der Waals surface area contributed by atoms with Crippen molar-refractivity contribution in [2.24, 2.45) is 0 Å². The minimum atomic E-state index is -1.56. The van der Waals surface area contributed by atoms with Crippen LogP contribution in [0.1, 0.15) is 19.3 Å². The van der Waals surface area contributed by atoms with Crippen molar-refractivity contribution in [3.63, 3.8) is 0 Å². The van der Waals surface area contributed by atoms with Crippen molar-refractivity contribution in [1.82, 2.24) is 0 Å². The zero-order chi connectivity index (χ0) is 14.7. The number of hydrogen-bond acceptors (Lipinski definition) is 3. The maximum Gasteiger partial charge on any atom is 0.186 e. The van der Waals surface area contributed by atoms with Crippen LogP contribution in [0.2, 0.25) is 44.8 Å². The van der Waals surface area contributed by atoms with E-state index in [0.717, 1.165) is 12.8 Å². The average molecular weight is 320 g/mol. The second kappa shape index (κ2) is 7.00. The predicted molar refractivity (Wildman–Crippen MR) is 89.1 cm³/mol. The molecular formula is C13H31O3Si3. The highest BCUT2D eigenvalue weighted by Gasteiger charge is 2.31. The quantitative estimate of drug-likeness (QED) is 0.604. The van der Waals surface area contributed by atoms with Gasteiger partial charge < -0.3 is 14.0 Å². The van der Waals surface area contributed by atoms with Crippen molar-refractivity contribution in [3.8, 4) is 0 Å². The molecule has 1 saturated carbocycles. The molecule has 0 aromatic carbocycles. The standard InChI is InChI=1S/C13H31O3Si3/c1-18(2,3)15-13(16-19(4,5)6)17-12-9-7-8-11(14)10-12/h8,11-14H,7,9-10,17H2,1-6H3. The van der Waals surface area contributed by atoms with Gasteiger partial charge in [-0.3, -0.25) is 0 Å². The van der Waals surface area contributed by atoms with Crippen molar-refractivity contribution < 1.29 is 14.0 Å². The molecule has 19 heavy (non-hydrogen) atoms. The van der Waals surface area contributed by atoms with Crippen LogP contribution in [0.5, 0.6) is 0 Å². The molecule has 1 aliphatic carbocycles. The van der Waals surface area contributed by atoms with Gasteiger partial charge in [0.25, 0.3) is 0 Å². The summed E-state index contributed by atoms with van der Waals surface area (Å²) in [6.45, 7) is 13.4. The molecule has 0 aromatic heterocycles. The summed E-state index contributed by atoms with van der Waals surface area (Å²) in [5.74, 6) is 0.0635. The van der Waals surface area contributed by atoms with Crippen LogP contribution in [-0.2, 0) is 8.85 Å². The summed E-state index contributed by atoms with van der Waals surface area (Å²) in [5, 5.41) is 9.76. The summed E-state index contributed by atoms with van der Waals surface area (Å²) in [6, 6.07) is 0. The van der Waals surface area contributed by atoms with Gasteiger partial charge in [-0.1, -0.05) is 6.42 Å². The smallest absolute Gasteiger partial charge is 0.186 e. The van der Waals surface area contributed by atoms with Crippen LogP contribution < -0.4 is 0 Å². The first kappa shape index (κ1) is 17.6. The molecular weight excluding hydrogens is 288 g/mol. The maximum atomic E-state index is 9.76. The van der Waals surface area contributed by atoms with Gasteiger partial charge in [0.15, 0.2) is 16.6 Å². The molecule has 3 nitrogen and oxygen atoms in total. The van der Waals surface area contributed by atoms with Crippen molar-refractivity contribution in [2.45, 2.75) is 76.1 Å². The molecule has 0 saturated heterocycles. The minimum absolute atomic E-state index is 0.0635. The molecule has 6 heteroatoms. The molecule has 1 radical (unpaired) electrons. The summed E-state index contributed by atoms with van der Waals surface area (Å²) in [4.78, 5) is 0. The molecule has 1 rings (SSSR count). The van der Waals surface area contributed by atoms with Gasteiger partial charge in [0, 0.05) is 0 Å². The lowest BCUT2D eigenvalue weighted by molar-refractivity contribution is 0.0580. The van der Waals surface area contributed by atoms with Gasteiger partial charge in [-0.2, -0.15) is 0 Å². The number of rotatable bonds is 6. The predicted octanol–water partition coefficient (Wildman–Crippen LogP) is 2.68. The van der Waals surface area contributed by atoms with Gasteiger partial charge in [0.1, 0.15) is 5.91 Å². The van der Waals surface area contributed by atoms with Crippen LogP contribution >= 0.6 is 0 Å². The van der Waals surface area contributed by atoms with Gasteiger partial charge in [0.2, 0.25) is 0 Å². The van der Waals surface area contributed by atoms with Crippen molar-refractivity contribution in [1.29, 1.82) is 0 Å². The van der Waals surface area contributed by atoms with Gasteiger partial charge >= 0.3 is 0 Å². The molecule has 1 N–H and O–H groups in total. The van der Waals surface area contributed by atoms with E-state index in [1.54, 1.807) is 0 Å². The van der Waals surface area contributed by atoms with Crippen molar-refractivity contribution in [2.75, 3.05) is 0 Å². The Kier molecular flexibility index (Phi) is 6.47. The van der Waals surface area contributed by atoms with Crippen molar-refractivity contribution >= 4 is 26.2 Å². The first-order valence-electron chi connectivity index (χ1n) is 7.42. The van der Waals surface area contributed by atoms with E-state index in [-0.39, 0.29) is 12.0 Å². The van der Waals surface area contributed by atoms with Gasteiger partial charge in [0.05, 0.1) is 15.6 Å². The monoisotopic (exact) mass is 319 g/mol. The van der Waals surface area contributed by atoms with E-state index in [9.17, 15) is 5.11 Å². The largest absolute Gasteiger partial charge is 0.398 e. The molecule has 0 aromatic rings. The Hall–Kier alpha value is 0.531. The summed E-state index contributed by atoms with van der Waals surface area (Å²) in [6.07, 6.45) is 5.02. The zero-order valence-corrected chi connectivity index (χ0v) is 16.8. The Balaban J connectivity index is 2.57. The van der Waals surface area contributed by atoms with E-state index in [2.05, 4.69) is 39.3 Å². The van der Waals surface area contributed by atoms with E-state index in [4.69, 9.17) is 8.85 Å². The minimum Gasteiger partial charge on any atom is -0.398 e. The fourth-order valence-corrected chi connectivity index (χ4v) is 9.56. The normalized spacial score (nSPS) is 26.5. The molecule has 2 unspecified atom stereocenters. The third-order valence-electron chi connectivity index (χ3n) is 3.08. The lowest BCUT2D eigenvalue weighted by Gasteiger charge is -2.35. The third kappa shape index (κ3) is 8.41. The summed E-state index contributed by atoms with van der Waals surface area (Å²) in [5.41, 5.74) is 0.665. The maximum absolute atomic E-state index is 9.76. The summed E-state index contributed by atoms with van der Waals surface area (Å²) in [7, 11) is -3.59. The molecule has 2 atom stereocenters. The van der Waals surface area contributed by atoms with E-state index in [0.29, 0.717) is 5.54 Å². The number of hydrogen-bond donors (Lipinski definition) is 1. The average Bonchev–Trinajstić information content (AvgIpc) is 2.11. The molecule has 0 spiro atoms. The molecule has 0 aliphatic heterocycles. The Morgan fingerprint density at radius 3 is 2.05 bits per heavy atom. The van der Waals surface area contributed by atoms with Crippen LogP contribution in [0.15, 0.2) is 0 Å².